The summed E-state index contributed by atoms with van der Waals surface area (Å²) in [5.74, 6) is -0.786. The minimum Gasteiger partial charge on any atom is -0.495 e. The molecule has 0 fully saturated rings. The molecule has 0 heterocycles. The van der Waals surface area contributed by atoms with Gasteiger partial charge in [-0.2, -0.15) is 0 Å². The molecule has 0 spiro atoms. The van der Waals surface area contributed by atoms with E-state index in [0.29, 0.717) is 42.4 Å². The molecule has 0 atom stereocenters. The van der Waals surface area contributed by atoms with Gasteiger partial charge in [0.25, 0.3) is 5.91 Å². The molecule has 65 heavy (non-hydrogen) atoms. The zero-order chi connectivity index (χ0) is 46.9. The van der Waals surface area contributed by atoms with Crippen LogP contribution in [-0.2, 0) is 26.1 Å². The Hall–Kier alpha value is -5.86. The standard InChI is InChI=1S/C51H68N6O7S/c1-6-8-9-10-11-12-13-14-15-16-17-23-34-64-51(60)41-28-31-47(63-4)46(36-41)56-50(59)48(54-44-30-29-43(35-39(44)3)57(7-2)33-32-53-65(5,61)62)49(52-37-40-24-19-18-20-25-40)55-45-27-22-21-26-42(45)38-58/h18-22,24-31,35-36,38,53H,6-17,23,32-34,37H2,1-5H3,(H,52,55)(H,56,59). The van der Waals surface area contributed by atoms with Crippen molar-refractivity contribution in [3.05, 3.63) is 113 Å². The maximum Gasteiger partial charge on any atom is 0.338 e. The first-order valence-electron chi connectivity index (χ1n) is 22.9. The second-order valence-corrected chi connectivity index (χ2v) is 17.9. The molecule has 1 amide bonds. The largest absolute Gasteiger partial charge is 0.495 e. The molecular weight excluding hydrogens is 841 g/mol. The van der Waals surface area contributed by atoms with E-state index in [-0.39, 0.29) is 35.9 Å². The Morgan fingerprint density at radius 3 is 2.06 bits per heavy atom. The summed E-state index contributed by atoms with van der Waals surface area (Å²) in [6.45, 7) is 7.83. The van der Waals surface area contributed by atoms with Crippen LogP contribution in [0.2, 0.25) is 0 Å². The second kappa shape index (κ2) is 28.1. The molecule has 4 aromatic carbocycles. The SMILES string of the molecule is CCCCCCCCCCCCCCOC(=O)c1ccc(OC)c(NC(=O)C(=Nc2ccc(N(CC)CCNS(C)(=O)=O)cc2C)C(=NCc2ccccc2)Nc2ccccc2C=O)c1. The molecule has 0 aliphatic carbocycles. The van der Waals surface area contributed by atoms with E-state index in [1.54, 1.807) is 42.5 Å². The Morgan fingerprint density at radius 2 is 1.43 bits per heavy atom. The van der Waals surface area contributed by atoms with Crippen LogP contribution in [0.4, 0.5) is 22.7 Å². The third kappa shape index (κ3) is 18.3. The van der Waals surface area contributed by atoms with Crippen molar-refractivity contribution in [1.82, 2.24) is 4.72 Å². The number of benzene rings is 4. The lowest BCUT2D eigenvalue weighted by atomic mass is 10.1. The smallest absolute Gasteiger partial charge is 0.338 e. The topological polar surface area (TPSA) is 168 Å². The van der Waals surface area contributed by atoms with Crippen LogP contribution in [0.25, 0.3) is 0 Å². The van der Waals surface area contributed by atoms with Crippen molar-refractivity contribution in [2.24, 2.45) is 9.98 Å². The first kappa shape index (κ1) is 51.8. The van der Waals surface area contributed by atoms with Gasteiger partial charge in [0.05, 0.1) is 49.1 Å². The summed E-state index contributed by atoms with van der Waals surface area (Å²) < 4.78 is 37.2. The minimum absolute atomic E-state index is 0.0862. The molecule has 0 aliphatic rings. The molecule has 14 heteroatoms. The summed E-state index contributed by atoms with van der Waals surface area (Å²) in [6, 6.07) is 26.7. The molecular formula is C51H68N6O7S. The lowest BCUT2D eigenvalue weighted by molar-refractivity contribution is -0.110. The summed E-state index contributed by atoms with van der Waals surface area (Å²) >= 11 is 0. The Bertz CT molecular complexity index is 2300. The molecule has 0 unspecified atom stereocenters. The van der Waals surface area contributed by atoms with Gasteiger partial charge in [0.2, 0.25) is 10.0 Å². The van der Waals surface area contributed by atoms with Crippen LogP contribution in [0.5, 0.6) is 5.75 Å². The van der Waals surface area contributed by atoms with E-state index in [4.69, 9.17) is 19.5 Å². The van der Waals surface area contributed by atoms with Gasteiger partial charge >= 0.3 is 5.97 Å². The predicted octanol–water partition coefficient (Wildman–Crippen LogP) is 10.5. The van der Waals surface area contributed by atoms with E-state index >= 15 is 0 Å². The number of nitrogens with zero attached hydrogens (tertiary/aromatic N) is 3. The number of hydrogen-bond donors (Lipinski definition) is 3. The number of amidine groups is 1. The Balaban J connectivity index is 1.60. The number of sulfonamides is 1. The van der Waals surface area contributed by atoms with Crippen molar-refractivity contribution in [2.45, 2.75) is 104 Å². The van der Waals surface area contributed by atoms with Crippen molar-refractivity contribution in [1.29, 1.82) is 0 Å². The number of esters is 1. The molecule has 0 aromatic heterocycles. The highest BCUT2D eigenvalue weighted by atomic mass is 32.2. The Labute approximate surface area is 386 Å². The van der Waals surface area contributed by atoms with E-state index in [2.05, 4.69) is 22.3 Å². The average Bonchev–Trinajstić information content (AvgIpc) is 3.30. The van der Waals surface area contributed by atoms with E-state index in [1.165, 1.54) is 71.0 Å². The molecule has 13 nitrogen and oxygen atoms in total. The molecule has 3 N–H and O–H groups in total. The molecule has 4 aromatic rings. The normalized spacial score (nSPS) is 11.8. The number of rotatable bonds is 29. The molecule has 4 rings (SSSR count). The number of anilines is 3. The number of para-hydroxylation sites is 1. The fraction of sp³-hybridized carbons (Fsp3) is 0.431. The van der Waals surface area contributed by atoms with Crippen LogP contribution in [0.1, 0.15) is 123 Å². The summed E-state index contributed by atoms with van der Waals surface area (Å²) in [5, 5.41) is 6.15. The third-order valence-corrected chi connectivity index (χ3v) is 11.6. The summed E-state index contributed by atoms with van der Waals surface area (Å²) in [4.78, 5) is 52.0. The summed E-state index contributed by atoms with van der Waals surface area (Å²) in [7, 11) is -1.88. The summed E-state index contributed by atoms with van der Waals surface area (Å²) in [5.41, 5.74) is 4.02. The van der Waals surface area contributed by atoms with Crippen molar-refractivity contribution >= 4 is 62.5 Å². The molecule has 350 valence electrons. The Morgan fingerprint density at radius 1 is 0.769 bits per heavy atom. The number of hydrogen-bond acceptors (Lipinski definition) is 10. The highest BCUT2D eigenvalue weighted by molar-refractivity contribution is 7.88. The Kier molecular flexibility index (Phi) is 22.4. The van der Waals surface area contributed by atoms with Gasteiger partial charge < -0.3 is 25.0 Å². The van der Waals surface area contributed by atoms with E-state index in [0.717, 1.165) is 48.6 Å². The molecule has 0 radical (unpaired) electrons. The fourth-order valence-corrected chi connectivity index (χ4v) is 7.67. The lowest BCUT2D eigenvalue weighted by Crippen LogP contribution is -2.35. The molecule has 0 bridgehead atoms. The first-order valence-corrected chi connectivity index (χ1v) is 24.8. The highest BCUT2D eigenvalue weighted by Crippen LogP contribution is 2.29. The second-order valence-electron chi connectivity index (χ2n) is 16.1. The number of aryl methyl sites for hydroxylation is 1. The van der Waals surface area contributed by atoms with Gasteiger partial charge in [0.1, 0.15) is 5.75 Å². The van der Waals surface area contributed by atoms with Crippen molar-refractivity contribution < 1.29 is 32.3 Å². The monoisotopic (exact) mass is 908 g/mol. The number of carbonyl (C=O) groups excluding carboxylic acids is 3. The number of amides is 1. The van der Waals surface area contributed by atoms with Crippen LogP contribution < -0.4 is 25.0 Å². The maximum absolute atomic E-state index is 14.7. The predicted molar refractivity (Wildman–Crippen MR) is 265 cm³/mol. The number of nitrogens with one attached hydrogen (secondary N) is 3. The van der Waals surface area contributed by atoms with Crippen LogP contribution in [0.15, 0.2) is 101 Å². The van der Waals surface area contributed by atoms with E-state index in [1.807, 2.05) is 61.2 Å². The van der Waals surface area contributed by atoms with Gasteiger partial charge in [-0.1, -0.05) is 120 Å². The van der Waals surface area contributed by atoms with E-state index in [9.17, 15) is 22.8 Å². The van der Waals surface area contributed by atoms with Gasteiger partial charge in [-0.25, -0.2) is 22.9 Å². The maximum atomic E-state index is 14.7. The van der Waals surface area contributed by atoms with Crippen LogP contribution >= 0.6 is 0 Å². The third-order valence-electron chi connectivity index (χ3n) is 10.9. The van der Waals surface area contributed by atoms with Crippen molar-refractivity contribution in [2.75, 3.05) is 55.1 Å². The van der Waals surface area contributed by atoms with Crippen molar-refractivity contribution in [3.63, 3.8) is 0 Å². The molecule has 0 saturated heterocycles. The average molecular weight is 909 g/mol. The van der Waals surface area contributed by atoms with Gasteiger partial charge in [0, 0.05) is 30.9 Å². The van der Waals surface area contributed by atoms with Crippen LogP contribution in [-0.4, -0.2) is 77.7 Å². The van der Waals surface area contributed by atoms with Gasteiger partial charge in [0.15, 0.2) is 17.8 Å². The highest BCUT2D eigenvalue weighted by Gasteiger charge is 2.23. The van der Waals surface area contributed by atoms with Gasteiger partial charge in [-0.3, -0.25) is 14.6 Å². The minimum atomic E-state index is -3.35. The van der Waals surface area contributed by atoms with Gasteiger partial charge in [-0.05, 0) is 79.9 Å². The summed E-state index contributed by atoms with van der Waals surface area (Å²) in [6.07, 6.45) is 16.3. The fourth-order valence-electron chi connectivity index (χ4n) is 7.20. The van der Waals surface area contributed by atoms with Crippen LogP contribution in [0, 0.1) is 6.92 Å². The van der Waals surface area contributed by atoms with E-state index < -0.39 is 21.9 Å². The number of methoxy groups -OCH3 is 1. The number of carbonyl (C=O) groups is 3. The van der Waals surface area contributed by atoms with Crippen LogP contribution in [0.3, 0.4) is 0 Å². The first-order chi connectivity index (χ1) is 31.5. The number of likely N-dealkylation sites (N-methyl/N-ethyl adjacent to an activating group) is 1. The molecule has 0 aliphatic heterocycles. The number of ether oxygens (including phenoxy) is 2. The lowest BCUT2D eigenvalue weighted by Gasteiger charge is -2.24. The zero-order valence-corrected chi connectivity index (χ0v) is 39.7. The number of unbranched alkanes of at least 4 members (excludes halogenated alkanes) is 11. The number of aldehydes is 1. The van der Waals surface area contributed by atoms with Crippen molar-refractivity contribution in [3.8, 4) is 5.75 Å². The zero-order valence-electron chi connectivity index (χ0n) is 38.9. The van der Waals surface area contributed by atoms with Gasteiger partial charge in [-0.15, -0.1) is 0 Å². The quantitative estimate of drug-likeness (QED) is 0.0158. The molecule has 0 saturated carbocycles. The number of aliphatic imine (C=N–C) groups is 2.